The molecular formula is C21H16ClNO5S. The van der Waals surface area contributed by atoms with Crippen molar-refractivity contribution in [2.45, 2.75) is 9.79 Å². The normalized spacial score (nSPS) is 10.4. The van der Waals surface area contributed by atoms with Crippen LogP contribution in [0.1, 0.15) is 15.9 Å². The van der Waals surface area contributed by atoms with Crippen LogP contribution in [0, 0.1) is 10.1 Å². The van der Waals surface area contributed by atoms with Crippen molar-refractivity contribution in [1.82, 2.24) is 0 Å². The van der Waals surface area contributed by atoms with Gasteiger partial charge in [0.15, 0.2) is 5.78 Å². The van der Waals surface area contributed by atoms with Crippen molar-refractivity contribution in [3.8, 4) is 11.5 Å². The Bertz CT molecular complexity index is 1070. The fourth-order valence-electron chi connectivity index (χ4n) is 2.66. The lowest BCUT2D eigenvalue weighted by Crippen LogP contribution is -2.05. The van der Waals surface area contributed by atoms with E-state index in [0.29, 0.717) is 21.4 Å². The van der Waals surface area contributed by atoms with E-state index in [1.807, 2.05) is 0 Å². The van der Waals surface area contributed by atoms with E-state index in [1.54, 1.807) is 54.6 Å². The number of rotatable bonds is 7. The number of halogens is 1. The van der Waals surface area contributed by atoms with E-state index in [-0.39, 0.29) is 16.8 Å². The van der Waals surface area contributed by atoms with Gasteiger partial charge in [0.25, 0.3) is 5.69 Å². The Hall–Kier alpha value is -3.03. The Morgan fingerprint density at radius 2 is 1.72 bits per heavy atom. The van der Waals surface area contributed by atoms with E-state index in [0.717, 1.165) is 4.90 Å². The maximum atomic E-state index is 13.0. The molecule has 29 heavy (non-hydrogen) atoms. The molecule has 0 heterocycles. The summed E-state index contributed by atoms with van der Waals surface area (Å²) in [6.07, 6.45) is 0. The van der Waals surface area contributed by atoms with Gasteiger partial charge in [-0.3, -0.25) is 14.9 Å². The van der Waals surface area contributed by atoms with Crippen molar-refractivity contribution in [3.05, 3.63) is 86.9 Å². The van der Waals surface area contributed by atoms with E-state index >= 15 is 0 Å². The smallest absolute Gasteiger partial charge is 0.283 e. The average molecular weight is 430 g/mol. The number of carbonyl (C=O) groups excluding carboxylic acids is 1. The van der Waals surface area contributed by atoms with Gasteiger partial charge >= 0.3 is 0 Å². The molecule has 3 aromatic rings. The van der Waals surface area contributed by atoms with Crippen LogP contribution in [-0.4, -0.2) is 24.9 Å². The van der Waals surface area contributed by atoms with Gasteiger partial charge in [0.2, 0.25) is 0 Å². The Labute approximate surface area is 176 Å². The number of carbonyl (C=O) groups is 1. The number of methoxy groups -OCH3 is 2. The first kappa shape index (κ1) is 20.7. The topological polar surface area (TPSA) is 78.7 Å². The second kappa shape index (κ2) is 8.98. The Kier molecular flexibility index (Phi) is 6.41. The molecule has 6 nitrogen and oxygen atoms in total. The zero-order valence-electron chi connectivity index (χ0n) is 15.5. The first-order valence-electron chi connectivity index (χ1n) is 8.41. The Morgan fingerprint density at radius 1 is 1.00 bits per heavy atom. The molecule has 3 aromatic carbocycles. The second-order valence-electron chi connectivity index (χ2n) is 5.89. The van der Waals surface area contributed by atoms with E-state index in [4.69, 9.17) is 21.1 Å². The van der Waals surface area contributed by atoms with Crippen LogP contribution in [-0.2, 0) is 0 Å². The highest BCUT2D eigenvalue weighted by Gasteiger charge is 2.21. The molecule has 0 aliphatic heterocycles. The molecule has 0 unspecified atom stereocenters. The van der Waals surface area contributed by atoms with Crippen molar-refractivity contribution in [2.24, 2.45) is 0 Å². The largest absolute Gasteiger partial charge is 0.497 e. The maximum Gasteiger partial charge on any atom is 0.283 e. The van der Waals surface area contributed by atoms with Crippen LogP contribution in [0.4, 0.5) is 5.69 Å². The third-order valence-corrected chi connectivity index (χ3v) is 5.44. The number of ketones is 1. The molecule has 0 spiro atoms. The van der Waals surface area contributed by atoms with Gasteiger partial charge in [-0.05, 0) is 54.6 Å². The lowest BCUT2D eigenvalue weighted by molar-refractivity contribution is -0.387. The van der Waals surface area contributed by atoms with Gasteiger partial charge in [0.05, 0.1) is 29.6 Å². The van der Waals surface area contributed by atoms with Crippen LogP contribution in [0.15, 0.2) is 70.5 Å². The molecule has 0 aromatic heterocycles. The zero-order chi connectivity index (χ0) is 21.0. The number of nitro benzene ring substituents is 1. The van der Waals surface area contributed by atoms with Crippen LogP contribution in [0.25, 0.3) is 0 Å². The number of hydrogen-bond donors (Lipinski definition) is 0. The molecule has 0 aliphatic rings. The summed E-state index contributed by atoms with van der Waals surface area (Å²) in [5.74, 6) is 0.448. The third kappa shape index (κ3) is 4.70. The highest BCUT2D eigenvalue weighted by Crippen LogP contribution is 2.36. The van der Waals surface area contributed by atoms with Crippen molar-refractivity contribution in [2.75, 3.05) is 14.2 Å². The minimum Gasteiger partial charge on any atom is -0.497 e. The SMILES string of the molecule is COc1ccc(OC)c(C(=O)c2ccc(Sc3ccc(Cl)cc3)c([N+](=O)[O-])c2)c1. The summed E-state index contributed by atoms with van der Waals surface area (Å²) in [4.78, 5) is 25.3. The molecular weight excluding hydrogens is 414 g/mol. The van der Waals surface area contributed by atoms with Crippen molar-refractivity contribution >= 4 is 34.8 Å². The summed E-state index contributed by atoms with van der Waals surface area (Å²) in [7, 11) is 2.94. The molecule has 0 amide bonds. The van der Waals surface area contributed by atoms with Gasteiger partial charge < -0.3 is 9.47 Å². The van der Waals surface area contributed by atoms with Gasteiger partial charge in [0.1, 0.15) is 11.5 Å². The monoisotopic (exact) mass is 429 g/mol. The van der Waals surface area contributed by atoms with E-state index in [9.17, 15) is 14.9 Å². The first-order valence-corrected chi connectivity index (χ1v) is 9.61. The van der Waals surface area contributed by atoms with Crippen molar-refractivity contribution < 1.29 is 19.2 Å². The van der Waals surface area contributed by atoms with Crippen LogP contribution in [0.3, 0.4) is 0 Å². The standard InChI is InChI=1S/C21H16ClNO5S/c1-27-15-6-9-19(28-2)17(12-15)21(24)13-3-10-20(18(11-13)23(25)26)29-16-7-4-14(22)5-8-16/h3-12H,1-2H3. The predicted molar refractivity (Wildman–Crippen MR) is 112 cm³/mol. The van der Waals surface area contributed by atoms with Crippen molar-refractivity contribution in [1.29, 1.82) is 0 Å². The average Bonchev–Trinajstić information content (AvgIpc) is 2.74. The maximum absolute atomic E-state index is 13.0. The van der Waals surface area contributed by atoms with E-state index in [2.05, 4.69) is 0 Å². The van der Waals surface area contributed by atoms with Crippen LogP contribution in [0.2, 0.25) is 5.02 Å². The van der Waals surface area contributed by atoms with E-state index in [1.165, 1.54) is 32.0 Å². The molecule has 0 fully saturated rings. The van der Waals surface area contributed by atoms with Gasteiger partial charge in [-0.15, -0.1) is 0 Å². The summed E-state index contributed by atoms with van der Waals surface area (Å²) in [5.41, 5.74) is 0.292. The summed E-state index contributed by atoms with van der Waals surface area (Å²) >= 11 is 7.11. The summed E-state index contributed by atoms with van der Waals surface area (Å²) in [6.45, 7) is 0. The first-order chi connectivity index (χ1) is 13.9. The zero-order valence-corrected chi connectivity index (χ0v) is 17.1. The number of benzene rings is 3. The molecule has 0 N–H and O–H groups in total. The molecule has 0 saturated carbocycles. The molecule has 0 radical (unpaired) electrons. The Morgan fingerprint density at radius 3 is 2.34 bits per heavy atom. The highest BCUT2D eigenvalue weighted by atomic mass is 35.5. The number of nitrogens with zero attached hydrogens (tertiary/aromatic N) is 1. The predicted octanol–water partition coefficient (Wildman–Crippen LogP) is 5.65. The number of ether oxygens (including phenoxy) is 2. The van der Waals surface area contributed by atoms with Gasteiger partial charge in [-0.1, -0.05) is 23.4 Å². The van der Waals surface area contributed by atoms with Gasteiger partial charge in [0, 0.05) is 21.5 Å². The molecule has 0 saturated heterocycles. The molecule has 8 heteroatoms. The Balaban J connectivity index is 1.99. The number of hydrogen-bond acceptors (Lipinski definition) is 6. The van der Waals surface area contributed by atoms with Gasteiger partial charge in [-0.2, -0.15) is 0 Å². The van der Waals surface area contributed by atoms with Gasteiger partial charge in [-0.25, -0.2) is 0 Å². The fraction of sp³-hybridized carbons (Fsp3) is 0.0952. The quantitative estimate of drug-likeness (QED) is 0.274. The van der Waals surface area contributed by atoms with Crippen LogP contribution < -0.4 is 9.47 Å². The number of nitro groups is 1. The third-order valence-electron chi connectivity index (χ3n) is 4.11. The lowest BCUT2D eigenvalue weighted by atomic mass is 10.0. The van der Waals surface area contributed by atoms with Crippen LogP contribution in [0.5, 0.6) is 11.5 Å². The summed E-state index contributed by atoms with van der Waals surface area (Å²) < 4.78 is 10.4. The lowest BCUT2D eigenvalue weighted by Gasteiger charge is -2.10. The van der Waals surface area contributed by atoms with E-state index < -0.39 is 10.7 Å². The highest BCUT2D eigenvalue weighted by molar-refractivity contribution is 7.99. The van der Waals surface area contributed by atoms with Crippen LogP contribution >= 0.6 is 23.4 Å². The molecule has 0 aliphatic carbocycles. The summed E-state index contributed by atoms with van der Waals surface area (Å²) in [5, 5.41) is 12.2. The fourth-order valence-corrected chi connectivity index (χ4v) is 3.69. The molecule has 148 valence electrons. The summed E-state index contributed by atoms with van der Waals surface area (Å²) in [6, 6.07) is 16.2. The molecule has 0 bridgehead atoms. The molecule has 0 atom stereocenters. The van der Waals surface area contributed by atoms with Crippen molar-refractivity contribution in [3.63, 3.8) is 0 Å². The minimum absolute atomic E-state index is 0.155. The second-order valence-corrected chi connectivity index (χ2v) is 7.44. The minimum atomic E-state index is -0.502. The molecule has 3 rings (SSSR count).